The maximum Gasteiger partial charge on any atom is 0.329 e. The maximum atomic E-state index is 12.5. The average molecular weight is 495 g/mol. The monoisotopic (exact) mass is 494 g/mol. The van der Waals surface area contributed by atoms with Gasteiger partial charge in [0.1, 0.15) is 25.3 Å². The van der Waals surface area contributed by atoms with Crippen LogP contribution in [0.2, 0.25) is 0 Å². The first kappa shape index (κ1) is 28.3. The topological polar surface area (TPSA) is 111 Å². The molecule has 2 rings (SSSR count). The van der Waals surface area contributed by atoms with Crippen molar-refractivity contribution in [3.05, 3.63) is 83.9 Å². The molecule has 2 amide bonds. The predicted octanol–water partition coefficient (Wildman–Crippen LogP) is 3.31. The first-order chi connectivity index (χ1) is 17.2. The van der Waals surface area contributed by atoms with Gasteiger partial charge < -0.3 is 20.1 Å². The summed E-state index contributed by atoms with van der Waals surface area (Å²) >= 11 is 0. The van der Waals surface area contributed by atoms with Gasteiger partial charge in [-0.3, -0.25) is 9.59 Å². The highest BCUT2D eigenvalue weighted by molar-refractivity contribution is 5.99. The van der Waals surface area contributed by atoms with Gasteiger partial charge in [-0.2, -0.15) is 0 Å². The van der Waals surface area contributed by atoms with Gasteiger partial charge in [-0.15, -0.1) is 0 Å². The van der Waals surface area contributed by atoms with Crippen molar-refractivity contribution in [3.63, 3.8) is 0 Å². The fourth-order valence-corrected chi connectivity index (χ4v) is 3.19. The Bertz CT molecular complexity index is 951. The molecule has 192 valence electrons. The molecule has 8 heteroatoms. The highest BCUT2D eigenvalue weighted by atomic mass is 16.5. The van der Waals surface area contributed by atoms with E-state index in [1.807, 2.05) is 60.7 Å². The van der Waals surface area contributed by atoms with E-state index in [1.165, 1.54) is 0 Å². The van der Waals surface area contributed by atoms with Gasteiger partial charge in [0.25, 0.3) is 0 Å². The van der Waals surface area contributed by atoms with Crippen LogP contribution in [0.1, 0.15) is 38.8 Å². The summed E-state index contributed by atoms with van der Waals surface area (Å²) in [6.45, 7) is 7.29. The van der Waals surface area contributed by atoms with E-state index in [0.29, 0.717) is 0 Å². The van der Waals surface area contributed by atoms with Crippen LogP contribution in [0, 0.1) is 11.8 Å². The normalized spacial score (nSPS) is 12.7. The molecule has 36 heavy (non-hydrogen) atoms. The lowest BCUT2D eigenvalue weighted by Crippen LogP contribution is -2.45. The molecule has 0 bridgehead atoms. The maximum absolute atomic E-state index is 12.5. The number of carbonyl (C=O) groups excluding carboxylic acids is 4. The first-order valence-corrected chi connectivity index (χ1v) is 11.9. The van der Waals surface area contributed by atoms with Gasteiger partial charge >= 0.3 is 11.9 Å². The van der Waals surface area contributed by atoms with Gasteiger partial charge in [-0.1, -0.05) is 88.4 Å². The standard InChI is InChI=1S/C28H34N2O6/c1-19(2)25(27(33)35-17-21-11-7-5-8-12-21)29-23(31)15-16-24(32)30-26(20(3)4)28(34)36-18-22-13-9-6-10-14-22/h5-16,19-20,25-26H,17-18H2,1-4H3,(H,29,31)(H,30,32)/b16-15+/t25-,26-/m0/s1. The number of rotatable bonds is 12. The molecule has 0 radical (unpaired) electrons. The second-order valence-corrected chi connectivity index (χ2v) is 8.98. The van der Waals surface area contributed by atoms with Crippen molar-refractivity contribution < 1.29 is 28.7 Å². The number of amides is 2. The fourth-order valence-electron chi connectivity index (χ4n) is 3.19. The Balaban J connectivity index is 1.88. The first-order valence-electron chi connectivity index (χ1n) is 11.9. The summed E-state index contributed by atoms with van der Waals surface area (Å²) in [6, 6.07) is 16.7. The van der Waals surface area contributed by atoms with Crippen molar-refractivity contribution in [1.29, 1.82) is 0 Å². The van der Waals surface area contributed by atoms with Gasteiger partial charge in [-0.25, -0.2) is 9.59 Å². The zero-order valence-corrected chi connectivity index (χ0v) is 21.1. The number of hydrogen-bond acceptors (Lipinski definition) is 6. The molecular weight excluding hydrogens is 460 g/mol. The molecule has 8 nitrogen and oxygen atoms in total. The van der Waals surface area contributed by atoms with E-state index in [-0.39, 0.29) is 25.0 Å². The Labute approximate surface area is 212 Å². The van der Waals surface area contributed by atoms with Crippen LogP contribution in [-0.4, -0.2) is 35.8 Å². The van der Waals surface area contributed by atoms with E-state index in [2.05, 4.69) is 10.6 Å². The molecule has 0 aromatic heterocycles. The van der Waals surface area contributed by atoms with Crippen LogP contribution in [0.5, 0.6) is 0 Å². The predicted molar refractivity (Wildman–Crippen MR) is 135 cm³/mol. The Hall–Kier alpha value is -3.94. The number of ether oxygens (including phenoxy) is 2. The third-order valence-corrected chi connectivity index (χ3v) is 5.27. The molecule has 0 fully saturated rings. The van der Waals surface area contributed by atoms with Gasteiger partial charge in [0.2, 0.25) is 11.8 Å². The van der Waals surface area contributed by atoms with Gasteiger partial charge in [0.15, 0.2) is 0 Å². The Morgan fingerprint density at radius 3 is 1.28 bits per heavy atom. The number of benzene rings is 2. The largest absolute Gasteiger partial charge is 0.459 e. The molecule has 0 saturated heterocycles. The zero-order chi connectivity index (χ0) is 26.5. The van der Waals surface area contributed by atoms with Gasteiger partial charge in [0, 0.05) is 12.2 Å². The molecule has 0 saturated carbocycles. The second-order valence-electron chi connectivity index (χ2n) is 8.98. The molecule has 0 aliphatic heterocycles. The van der Waals surface area contributed by atoms with E-state index >= 15 is 0 Å². The SMILES string of the molecule is CC(C)[C@H](NC(=O)/C=C/C(=O)N[C@H](C(=O)OCc1ccccc1)C(C)C)C(=O)OCc1ccccc1. The van der Waals surface area contributed by atoms with E-state index in [1.54, 1.807) is 27.7 Å². The van der Waals surface area contributed by atoms with Crippen LogP contribution in [0.25, 0.3) is 0 Å². The second kappa shape index (κ2) is 14.5. The summed E-state index contributed by atoms with van der Waals surface area (Å²) in [5.41, 5.74) is 1.66. The summed E-state index contributed by atoms with van der Waals surface area (Å²) < 4.78 is 10.7. The fraction of sp³-hybridized carbons (Fsp3) is 0.357. The number of carbonyl (C=O) groups is 4. The molecule has 2 N–H and O–H groups in total. The lowest BCUT2D eigenvalue weighted by Gasteiger charge is -2.21. The van der Waals surface area contributed by atoms with E-state index < -0.39 is 35.8 Å². The lowest BCUT2D eigenvalue weighted by molar-refractivity contribution is -0.150. The molecule has 2 aromatic carbocycles. The zero-order valence-electron chi connectivity index (χ0n) is 21.1. The van der Waals surface area contributed by atoms with Crippen LogP contribution in [0.3, 0.4) is 0 Å². The van der Waals surface area contributed by atoms with Crippen molar-refractivity contribution in [2.75, 3.05) is 0 Å². The quantitative estimate of drug-likeness (QED) is 0.346. The Morgan fingerprint density at radius 1 is 0.639 bits per heavy atom. The molecule has 0 unspecified atom stereocenters. The number of nitrogens with one attached hydrogen (secondary N) is 2. The molecule has 0 heterocycles. The van der Waals surface area contributed by atoms with Crippen molar-refractivity contribution in [1.82, 2.24) is 10.6 Å². The molecule has 2 atom stereocenters. The highest BCUT2D eigenvalue weighted by Gasteiger charge is 2.26. The lowest BCUT2D eigenvalue weighted by atomic mass is 10.0. The van der Waals surface area contributed by atoms with Crippen molar-refractivity contribution in [2.45, 2.75) is 53.0 Å². The third-order valence-electron chi connectivity index (χ3n) is 5.27. The smallest absolute Gasteiger partial charge is 0.329 e. The van der Waals surface area contributed by atoms with Crippen LogP contribution in [-0.2, 0) is 41.9 Å². The number of hydrogen-bond donors (Lipinski definition) is 2. The summed E-state index contributed by atoms with van der Waals surface area (Å²) in [4.78, 5) is 49.8. The Kier molecular flexibility index (Phi) is 11.4. The molecule has 0 aliphatic rings. The molecule has 0 aliphatic carbocycles. The summed E-state index contributed by atoms with van der Waals surface area (Å²) in [7, 11) is 0. The van der Waals surface area contributed by atoms with Gasteiger partial charge in [0.05, 0.1) is 0 Å². The highest BCUT2D eigenvalue weighted by Crippen LogP contribution is 2.09. The molecule has 0 spiro atoms. The van der Waals surface area contributed by atoms with Crippen LogP contribution in [0.4, 0.5) is 0 Å². The van der Waals surface area contributed by atoms with Crippen molar-refractivity contribution in [2.24, 2.45) is 11.8 Å². The van der Waals surface area contributed by atoms with Crippen LogP contribution < -0.4 is 10.6 Å². The summed E-state index contributed by atoms with van der Waals surface area (Å²) in [5, 5.41) is 5.15. The minimum Gasteiger partial charge on any atom is -0.459 e. The minimum atomic E-state index is -0.884. The average Bonchev–Trinajstić information content (AvgIpc) is 2.87. The van der Waals surface area contributed by atoms with E-state index in [4.69, 9.17) is 9.47 Å². The van der Waals surface area contributed by atoms with E-state index in [9.17, 15) is 19.2 Å². The van der Waals surface area contributed by atoms with E-state index in [0.717, 1.165) is 23.3 Å². The summed E-state index contributed by atoms with van der Waals surface area (Å²) in [5.74, 6) is -2.86. The minimum absolute atomic E-state index is 0.0912. The van der Waals surface area contributed by atoms with Crippen molar-refractivity contribution >= 4 is 23.8 Å². The van der Waals surface area contributed by atoms with Crippen LogP contribution in [0.15, 0.2) is 72.8 Å². The molecule has 2 aromatic rings. The van der Waals surface area contributed by atoms with Gasteiger partial charge in [-0.05, 0) is 23.0 Å². The molecular formula is C28H34N2O6. The summed E-state index contributed by atoms with van der Waals surface area (Å²) in [6.07, 6.45) is 2.03. The Morgan fingerprint density at radius 2 is 0.972 bits per heavy atom. The van der Waals surface area contributed by atoms with Crippen LogP contribution >= 0.6 is 0 Å². The third kappa shape index (κ3) is 9.74. The number of esters is 2. The van der Waals surface area contributed by atoms with Crippen molar-refractivity contribution in [3.8, 4) is 0 Å².